The minimum atomic E-state index is -1.70. The second-order valence-electron chi connectivity index (χ2n) is 17.0. The number of hydrogen-bond donors (Lipinski definition) is 3. The van der Waals surface area contributed by atoms with Gasteiger partial charge in [-0.3, -0.25) is 14.5 Å². The van der Waals surface area contributed by atoms with Gasteiger partial charge in [0.2, 0.25) is 5.91 Å². The Balaban J connectivity index is 1.21. The van der Waals surface area contributed by atoms with Gasteiger partial charge in [0.05, 0.1) is 61.3 Å². The van der Waals surface area contributed by atoms with E-state index in [1.54, 1.807) is 59.6 Å². The second kappa shape index (κ2) is 14.7. The van der Waals surface area contributed by atoms with Crippen LogP contribution in [0.25, 0.3) is 0 Å². The van der Waals surface area contributed by atoms with Gasteiger partial charge in [0, 0.05) is 75.9 Å². The van der Waals surface area contributed by atoms with E-state index in [0.717, 1.165) is 19.3 Å². The molecule has 1 heterocycles. The molecule has 13 nitrogen and oxygen atoms in total. The molecule has 3 N–H and O–H groups in total. The Morgan fingerprint density at radius 3 is 2.44 bits per heavy atom. The fraction of sp³-hybridized carbons (Fsp3) is 0.780. The van der Waals surface area contributed by atoms with E-state index in [-0.39, 0.29) is 67.0 Å². The van der Waals surface area contributed by atoms with Crippen molar-refractivity contribution in [1.82, 2.24) is 4.90 Å². The summed E-state index contributed by atoms with van der Waals surface area (Å²) in [5, 5.41) is 29.5. The Bertz CT molecular complexity index is 1590. The zero-order chi connectivity index (χ0) is 38.8. The van der Waals surface area contributed by atoms with Gasteiger partial charge >= 0.3 is 11.9 Å². The molecular weight excluding hydrogens is 696 g/mol. The molecule has 0 aromatic heterocycles. The largest absolute Gasteiger partial charge is 0.466 e. The number of likely N-dealkylation sites (tertiary alicyclic amines) is 1. The lowest BCUT2D eigenvalue weighted by molar-refractivity contribution is -0.320. The number of rotatable bonds is 15. The average molecular weight is 757 g/mol. The first kappa shape index (κ1) is 39.6. The third kappa shape index (κ3) is 5.39. The number of methoxy groups -OCH3 is 4. The molecule has 1 amide bonds. The number of carbonyl (C=O) groups is 3. The molecule has 1 spiro atoms. The number of likely N-dealkylation sites (N-methyl/N-ethyl adjacent to an activating group) is 1. The molecule has 7 bridgehead atoms. The number of piperidine rings is 1. The van der Waals surface area contributed by atoms with Crippen LogP contribution in [0.15, 0.2) is 24.3 Å². The molecule has 5 saturated carbocycles. The molecule has 7 rings (SSSR count). The summed E-state index contributed by atoms with van der Waals surface area (Å²) in [6.45, 7) is 7.23. The smallest absolute Gasteiger partial charge is 0.340 e. The fourth-order valence-electron chi connectivity index (χ4n) is 13.0. The Kier molecular flexibility index (Phi) is 10.8. The van der Waals surface area contributed by atoms with E-state index in [9.17, 15) is 24.6 Å². The standard InChI is InChI=1S/C41H60N2O11/c1-8-10-17-53-30(44)18-23(3)35(45)42-27-14-12-11-13-24(27)36(46)54-22-38-16-15-29(50-5)40-26-19-25-28(49-4)20-39(47,31(26)32(25)51-6)41(48,34(52-7)33(38)40)37(40)43(9-2)21-38/h11-14,23,25-26,28-29,31-34,37,47-48H,8-10,15-22H2,1-7H3,(H,42,45)/t23-,25-,26-,28+,29+,31-,32-,33-,34-,37+,38+,39-,40+,41+/m0/s1. The summed E-state index contributed by atoms with van der Waals surface area (Å²) in [5.74, 6) is -2.84. The fourth-order valence-corrected chi connectivity index (χ4v) is 13.0. The molecule has 300 valence electrons. The number of hydrogen-bond acceptors (Lipinski definition) is 12. The Labute approximate surface area is 318 Å². The number of amides is 1. The highest BCUT2D eigenvalue weighted by Crippen LogP contribution is 2.80. The number of carbonyl (C=O) groups excluding carboxylic acids is 3. The van der Waals surface area contributed by atoms with Crippen LogP contribution in [-0.2, 0) is 38.0 Å². The van der Waals surface area contributed by atoms with Crippen molar-refractivity contribution in [2.24, 2.45) is 40.4 Å². The summed E-state index contributed by atoms with van der Waals surface area (Å²) in [6, 6.07) is 6.24. The van der Waals surface area contributed by atoms with Crippen molar-refractivity contribution in [3.63, 3.8) is 0 Å². The van der Waals surface area contributed by atoms with Crippen molar-refractivity contribution in [1.29, 1.82) is 0 Å². The normalized spacial score (nSPS) is 42.0. The van der Waals surface area contributed by atoms with Crippen LogP contribution in [0.3, 0.4) is 0 Å². The van der Waals surface area contributed by atoms with Crippen molar-refractivity contribution < 1.29 is 53.0 Å². The van der Waals surface area contributed by atoms with Crippen molar-refractivity contribution in [2.75, 3.05) is 60.1 Å². The van der Waals surface area contributed by atoms with Crippen LogP contribution in [0, 0.1) is 40.4 Å². The summed E-state index contributed by atoms with van der Waals surface area (Å²) >= 11 is 0. The molecule has 14 atom stereocenters. The van der Waals surface area contributed by atoms with E-state index in [0.29, 0.717) is 38.2 Å². The van der Waals surface area contributed by atoms with Crippen LogP contribution in [0.1, 0.15) is 76.1 Å². The van der Waals surface area contributed by atoms with Gasteiger partial charge in [-0.25, -0.2) is 4.79 Å². The van der Waals surface area contributed by atoms with Gasteiger partial charge in [0.1, 0.15) is 11.2 Å². The minimum absolute atomic E-state index is 0.0391. The maximum atomic E-state index is 14.1. The number of para-hydroxylation sites is 1. The first-order valence-electron chi connectivity index (χ1n) is 19.9. The number of anilines is 1. The molecule has 1 aliphatic heterocycles. The molecule has 6 aliphatic rings. The SMILES string of the molecule is CCCCOC(=O)C[C@H](C)C(=O)Nc1ccccc1C(=O)OC[C@@]12CC[C@@H](OC)[C@@]34[C@@H](N(CC)C1)[C@](O)([C@@H](OC)[C@@H]23)[C@]1(O)C[C@@H](OC)[C@@H]2C[C@H]4[C@H]1[C@H]2OC. The minimum Gasteiger partial charge on any atom is -0.466 e. The number of benzene rings is 1. The van der Waals surface area contributed by atoms with Crippen molar-refractivity contribution in [3.8, 4) is 0 Å². The molecule has 1 aromatic carbocycles. The average Bonchev–Trinajstić information content (AvgIpc) is 3.58. The van der Waals surface area contributed by atoms with E-state index in [4.69, 9.17) is 28.4 Å². The van der Waals surface area contributed by atoms with Gasteiger partial charge < -0.3 is 44.0 Å². The maximum Gasteiger partial charge on any atom is 0.340 e. The number of aliphatic hydroxyl groups is 2. The van der Waals surface area contributed by atoms with Gasteiger partial charge in [-0.1, -0.05) is 39.3 Å². The second-order valence-corrected chi connectivity index (χ2v) is 17.0. The molecule has 5 aliphatic carbocycles. The Hall–Kier alpha value is -2.65. The van der Waals surface area contributed by atoms with Gasteiger partial charge in [0.25, 0.3) is 0 Å². The molecule has 1 aromatic rings. The zero-order valence-electron chi connectivity index (χ0n) is 32.9. The molecule has 0 unspecified atom stereocenters. The highest BCUT2D eigenvalue weighted by atomic mass is 16.5. The van der Waals surface area contributed by atoms with Crippen LogP contribution in [0.4, 0.5) is 5.69 Å². The summed E-state index contributed by atoms with van der Waals surface area (Å²) < 4.78 is 36.7. The maximum absolute atomic E-state index is 14.1. The molecule has 0 radical (unpaired) electrons. The van der Waals surface area contributed by atoms with E-state index in [1.165, 1.54) is 0 Å². The van der Waals surface area contributed by atoms with Crippen LogP contribution in [-0.4, -0.2) is 129 Å². The first-order chi connectivity index (χ1) is 25.9. The van der Waals surface area contributed by atoms with E-state index >= 15 is 0 Å². The molecule has 13 heteroatoms. The van der Waals surface area contributed by atoms with E-state index in [1.807, 2.05) is 6.92 Å². The van der Waals surface area contributed by atoms with E-state index < -0.39 is 57.9 Å². The highest BCUT2D eigenvalue weighted by Gasteiger charge is 2.91. The van der Waals surface area contributed by atoms with Crippen molar-refractivity contribution in [2.45, 2.75) is 107 Å². The zero-order valence-corrected chi connectivity index (χ0v) is 32.9. The molecule has 6 fully saturated rings. The van der Waals surface area contributed by atoms with Gasteiger partial charge in [-0.05, 0) is 50.3 Å². The molecule has 1 saturated heterocycles. The third-order valence-corrected chi connectivity index (χ3v) is 14.9. The monoisotopic (exact) mass is 756 g/mol. The van der Waals surface area contributed by atoms with Crippen LogP contribution >= 0.6 is 0 Å². The van der Waals surface area contributed by atoms with Gasteiger partial charge in [0.15, 0.2) is 0 Å². The number of ether oxygens (including phenoxy) is 6. The summed E-state index contributed by atoms with van der Waals surface area (Å²) in [4.78, 5) is 41.9. The lowest BCUT2D eigenvalue weighted by atomic mass is 9.42. The van der Waals surface area contributed by atoms with Crippen LogP contribution in [0.5, 0.6) is 0 Å². The highest BCUT2D eigenvalue weighted by molar-refractivity contribution is 6.02. The summed E-state index contributed by atoms with van der Waals surface area (Å²) in [6.07, 6.45) is 2.29. The number of nitrogens with zero attached hydrogens (tertiary/aromatic N) is 1. The topological polar surface area (TPSA) is 162 Å². The van der Waals surface area contributed by atoms with Crippen molar-refractivity contribution in [3.05, 3.63) is 29.8 Å². The van der Waals surface area contributed by atoms with E-state index in [2.05, 4.69) is 17.1 Å². The quantitative estimate of drug-likeness (QED) is 0.177. The molecule has 54 heavy (non-hydrogen) atoms. The number of esters is 2. The molecular formula is C41H60N2O11. The number of unbranched alkanes of at least 4 members (excludes halogenated alkanes) is 1. The predicted molar refractivity (Wildman–Crippen MR) is 196 cm³/mol. The first-order valence-corrected chi connectivity index (χ1v) is 19.9. The summed E-state index contributed by atoms with van der Waals surface area (Å²) in [7, 11) is 6.71. The number of nitrogens with one attached hydrogen (secondary N) is 1. The van der Waals surface area contributed by atoms with Gasteiger partial charge in [-0.15, -0.1) is 0 Å². The van der Waals surface area contributed by atoms with Crippen molar-refractivity contribution >= 4 is 23.5 Å². The third-order valence-electron chi connectivity index (χ3n) is 14.9. The Morgan fingerprint density at radius 2 is 1.78 bits per heavy atom. The summed E-state index contributed by atoms with van der Waals surface area (Å²) in [5.41, 5.74) is -4.07. The predicted octanol–water partition coefficient (Wildman–Crippen LogP) is 3.44. The van der Waals surface area contributed by atoms with Gasteiger partial charge in [-0.2, -0.15) is 0 Å². The van der Waals surface area contributed by atoms with Crippen LogP contribution < -0.4 is 5.32 Å². The lowest BCUT2D eigenvalue weighted by Crippen LogP contribution is -2.82. The van der Waals surface area contributed by atoms with Crippen LogP contribution in [0.2, 0.25) is 0 Å². The number of fused-ring (bicyclic) bond motifs is 2. The lowest BCUT2D eigenvalue weighted by Gasteiger charge is -2.70. The Morgan fingerprint density at radius 1 is 1.02 bits per heavy atom.